The molecule has 0 unspecified atom stereocenters. The number of benzene rings is 2. The third-order valence-corrected chi connectivity index (χ3v) is 5.49. The van der Waals surface area contributed by atoms with Crippen molar-refractivity contribution < 1.29 is 14.0 Å². The molecule has 1 atom stereocenters. The van der Waals surface area contributed by atoms with Gasteiger partial charge in [0.1, 0.15) is 11.9 Å². The normalized spacial score (nSPS) is 11.7. The number of halogens is 2. The van der Waals surface area contributed by atoms with Gasteiger partial charge in [0.25, 0.3) is 0 Å². The van der Waals surface area contributed by atoms with Crippen molar-refractivity contribution in [3.63, 3.8) is 0 Å². The van der Waals surface area contributed by atoms with Crippen molar-refractivity contribution >= 4 is 35.2 Å². The molecule has 2 aromatic rings. The van der Waals surface area contributed by atoms with Crippen molar-refractivity contribution in [2.24, 2.45) is 0 Å². The van der Waals surface area contributed by atoms with E-state index in [1.165, 1.54) is 29.8 Å². The number of amides is 2. The van der Waals surface area contributed by atoms with Crippen LogP contribution in [0.1, 0.15) is 18.1 Å². The number of nitrogens with one attached hydrogen (secondary N) is 1. The van der Waals surface area contributed by atoms with Crippen molar-refractivity contribution in [2.75, 3.05) is 12.8 Å². The summed E-state index contributed by atoms with van der Waals surface area (Å²) in [6.07, 6.45) is 0. The maximum Gasteiger partial charge on any atom is 0.242 e. The Hall–Kier alpha value is -2.05. The molecule has 0 saturated heterocycles. The van der Waals surface area contributed by atoms with Crippen molar-refractivity contribution in [3.05, 3.63) is 70.5 Å². The molecule has 0 aliphatic rings. The van der Waals surface area contributed by atoms with E-state index < -0.39 is 6.04 Å². The quantitative estimate of drug-likeness (QED) is 0.721. The maximum absolute atomic E-state index is 13.7. The first-order chi connectivity index (χ1) is 12.9. The van der Waals surface area contributed by atoms with E-state index in [1.54, 1.807) is 31.2 Å². The lowest BCUT2D eigenvalue weighted by Crippen LogP contribution is -2.47. The highest BCUT2D eigenvalue weighted by atomic mass is 35.5. The molecule has 2 aromatic carbocycles. The Morgan fingerprint density at radius 1 is 1.15 bits per heavy atom. The third kappa shape index (κ3) is 5.97. The van der Waals surface area contributed by atoms with E-state index >= 15 is 0 Å². The highest BCUT2D eigenvalue weighted by molar-refractivity contribution is 7.99. The summed E-state index contributed by atoms with van der Waals surface area (Å²) in [7, 11) is 1.53. The van der Waals surface area contributed by atoms with Crippen LogP contribution in [0, 0.1) is 5.82 Å². The minimum atomic E-state index is -0.646. The maximum atomic E-state index is 13.7. The summed E-state index contributed by atoms with van der Waals surface area (Å²) in [5.41, 5.74) is 1.31. The average Bonchev–Trinajstić information content (AvgIpc) is 2.67. The number of carbonyl (C=O) groups is 2. The number of carbonyl (C=O) groups excluding carboxylic acids is 2. The molecule has 4 nitrogen and oxygen atoms in total. The zero-order valence-corrected chi connectivity index (χ0v) is 16.8. The lowest BCUT2D eigenvalue weighted by Gasteiger charge is -2.28. The molecule has 0 spiro atoms. The summed E-state index contributed by atoms with van der Waals surface area (Å²) in [5, 5.41) is 3.11. The van der Waals surface area contributed by atoms with Crippen LogP contribution in [0.3, 0.4) is 0 Å². The van der Waals surface area contributed by atoms with Crippen LogP contribution < -0.4 is 5.32 Å². The Kier molecular flexibility index (Phi) is 8.13. The second kappa shape index (κ2) is 10.3. The monoisotopic (exact) mass is 408 g/mol. The predicted molar refractivity (Wildman–Crippen MR) is 108 cm³/mol. The Labute approximate surface area is 168 Å². The molecule has 27 heavy (non-hydrogen) atoms. The minimum Gasteiger partial charge on any atom is -0.357 e. The SMILES string of the molecule is CNC(=O)[C@@H](C)N(Cc1ccccc1Cl)C(=O)CSCc1ccccc1F. The summed E-state index contributed by atoms with van der Waals surface area (Å²) < 4.78 is 13.7. The van der Waals surface area contributed by atoms with Gasteiger partial charge in [0.05, 0.1) is 5.75 Å². The molecular weight excluding hydrogens is 387 g/mol. The number of thioether (sulfide) groups is 1. The van der Waals surface area contributed by atoms with E-state index in [9.17, 15) is 14.0 Å². The fraction of sp³-hybridized carbons (Fsp3) is 0.300. The number of rotatable bonds is 8. The van der Waals surface area contributed by atoms with Gasteiger partial charge in [0.2, 0.25) is 11.8 Å². The molecule has 7 heteroatoms. The van der Waals surface area contributed by atoms with E-state index in [2.05, 4.69) is 5.32 Å². The Bertz CT molecular complexity index is 803. The third-order valence-electron chi connectivity index (χ3n) is 4.15. The molecule has 0 aliphatic carbocycles. The van der Waals surface area contributed by atoms with Crippen LogP contribution in [0.4, 0.5) is 4.39 Å². The molecule has 2 amide bonds. The first-order valence-corrected chi connectivity index (χ1v) is 10.0. The molecule has 0 aromatic heterocycles. The first kappa shape index (κ1) is 21.3. The summed E-state index contributed by atoms with van der Waals surface area (Å²) in [6.45, 7) is 1.91. The van der Waals surface area contributed by atoms with Crippen LogP contribution in [-0.4, -0.2) is 35.6 Å². The van der Waals surface area contributed by atoms with Gasteiger partial charge in [-0.05, 0) is 30.2 Å². The van der Waals surface area contributed by atoms with E-state index in [0.29, 0.717) is 16.3 Å². The predicted octanol–water partition coefficient (Wildman–Crippen LogP) is 3.88. The molecule has 0 heterocycles. The standard InChI is InChI=1S/C20H22ClFN2O2S/c1-14(20(26)23-2)24(11-15-7-3-5-9-17(15)21)19(25)13-27-12-16-8-4-6-10-18(16)22/h3-10,14H,11-13H2,1-2H3,(H,23,26)/t14-/m1/s1. The van der Waals surface area contributed by atoms with Crippen molar-refractivity contribution in [2.45, 2.75) is 25.3 Å². The topological polar surface area (TPSA) is 49.4 Å². The fourth-order valence-electron chi connectivity index (χ4n) is 2.55. The summed E-state index contributed by atoms with van der Waals surface area (Å²) in [6, 6.07) is 13.1. The summed E-state index contributed by atoms with van der Waals surface area (Å²) >= 11 is 7.52. The van der Waals surface area contributed by atoms with Crippen molar-refractivity contribution in [3.8, 4) is 0 Å². The molecule has 1 N–H and O–H groups in total. The summed E-state index contributed by atoms with van der Waals surface area (Å²) in [4.78, 5) is 26.4. The summed E-state index contributed by atoms with van der Waals surface area (Å²) in [5.74, 6) is -0.224. The highest BCUT2D eigenvalue weighted by Gasteiger charge is 2.25. The largest absolute Gasteiger partial charge is 0.357 e. The number of likely N-dealkylation sites (N-methyl/N-ethyl adjacent to an activating group) is 1. The van der Waals surface area contributed by atoms with Gasteiger partial charge in [-0.15, -0.1) is 11.8 Å². The van der Waals surface area contributed by atoms with E-state index in [0.717, 1.165) is 5.56 Å². The van der Waals surface area contributed by atoms with Crippen LogP contribution in [0.15, 0.2) is 48.5 Å². The lowest BCUT2D eigenvalue weighted by atomic mass is 10.1. The molecular formula is C20H22ClFN2O2S. The van der Waals surface area contributed by atoms with E-state index in [-0.39, 0.29) is 29.9 Å². The lowest BCUT2D eigenvalue weighted by molar-refractivity contribution is -0.138. The van der Waals surface area contributed by atoms with Gasteiger partial charge in [-0.2, -0.15) is 0 Å². The van der Waals surface area contributed by atoms with E-state index in [4.69, 9.17) is 11.6 Å². The van der Waals surface area contributed by atoms with Crippen molar-refractivity contribution in [1.29, 1.82) is 0 Å². The Balaban J connectivity index is 2.07. The highest BCUT2D eigenvalue weighted by Crippen LogP contribution is 2.21. The molecule has 0 radical (unpaired) electrons. The zero-order valence-electron chi connectivity index (χ0n) is 15.2. The number of hydrogen-bond donors (Lipinski definition) is 1. The smallest absolute Gasteiger partial charge is 0.242 e. The van der Waals surface area contributed by atoms with Crippen LogP contribution >= 0.6 is 23.4 Å². The van der Waals surface area contributed by atoms with Crippen LogP contribution in [0.25, 0.3) is 0 Å². The molecule has 2 rings (SSSR count). The Morgan fingerprint density at radius 2 is 1.78 bits per heavy atom. The molecule has 0 fully saturated rings. The van der Waals surface area contributed by atoms with Crippen molar-refractivity contribution in [1.82, 2.24) is 10.2 Å². The molecule has 144 valence electrons. The van der Waals surface area contributed by atoms with Gasteiger partial charge in [0.15, 0.2) is 0 Å². The van der Waals surface area contributed by atoms with Gasteiger partial charge in [0, 0.05) is 24.4 Å². The van der Waals surface area contributed by atoms with Gasteiger partial charge in [-0.3, -0.25) is 9.59 Å². The molecule has 0 bridgehead atoms. The minimum absolute atomic E-state index is 0.139. The van der Waals surface area contributed by atoms with Crippen LogP contribution in [0.5, 0.6) is 0 Å². The average molecular weight is 409 g/mol. The zero-order chi connectivity index (χ0) is 19.8. The van der Waals surface area contributed by atoms with Gasteiger partial charge in [-0.25, -0.2) is 4.39 Å². The number of nitrogens with zero attached hydrogens (tertiary/aromatic N) is 1. The van der Waals surface area contributed by atoms with Crippen LogP contribution in [0.2, 0.25) is 5.02 Å². The van der Waals surface area contributed by atoms with Crippen LogP contribution in [-0.2, 0) is 21.9 Å². The van der Waals surface area contributed by atoms with Gasteiger partial charge >= 0.3 is 0 Å². The molecule has 0 aliphatic heterocycles. The molecule has 0 saturated carbocycles. The second-order valence-electron chi connectivity index (χ2n) is 5.99. The van der Waals surface area contributed by atoms with E-state index in [1.807, 2.05) is 18.2 Å². The second-order valence-corrected chi connectivity index (χ2v) is 7.38. The Morgan fingerprint density at radius 3 is 2.41 bits per heavy atom. The van der Waals surface area contributed by atoms with Gasteiger partial charge < -0.3 is 10.2 Å². The fourth-order valence-corrected chi connectivity index (χ4v) is 3.64. The number of hydrogen-bond acceptors (Lipinski definition) is 3. The van der Waals surface area contributed by atoms with Gasteiger partial charge in [-0.1, -0.05) is 48.0 Å². The first-order valence-electron chi connectivity index (χ1n) is 8.49.